The van der Waals surface area contributed by atoms with E-state index in [1.807, 2.05) is 45.0 Å². The number of carbonyl (C=O) groups is 4. The third-order valence-electron chi connectivity index (χ3n) is 7.30. The maximum absolute atomic E-state index is 14.5. The number of ether oxygens (including phenoxy) is 1. The standard InChI is InChI=1S/C34H49ClN4O5/c1-8-9-10-11-12-21-39(32(42)26(19-20-27(36)40)37-33(43)44-34(5,6)7)30(28-22(2)15-13-16-23(28)3)31(41)38-29-24(4)17-14-18-25(29)35/h13-18,26,30H,8-12,19-21H2,1-7H3,(H2,36,40)(H,37,43)(H,38,41). The Morgan fingerprint density at radius 1 is 0.932 bits per heavy atom. The number of hydrogen-bond acceptors (Lipinski definition) is 5. The monoisotopic (exact) mass is 628 g/mol. The van der Waals surface area contributed by atoms with E-state index in [0.717, 1.165) is 42.4 Å². The average molecular weight is 629 g/mol. The number of anilines is 1. The van der Waals surface area contributed by atoms with Crippen molar-refractivity contribution in [2.75, 3.05) is 11.9 Å². The minimum atomic E-state index is -1.16. The highest BCUT2D eigenvalue weighted by atomic mass is 35.5. The van der Waals surface area contributed by atoms with E-state index in [2.05, 4.69) is 17.6 Å². The fraction of sp³-hybridized carbons (Fsp3) is 0.529. The molecule has 0 saturated heterocycles. The Balaban J connectivity index is 2.66. The second-order valence-electron chi connectivity index (χ2n) is 12.3. The molecule has 9 nitrogen and oxygen atoms in total. The zero-order valence-corrected chi connectivity index (χ0v) is 28.0. The molecule has 2 atom stereocenters. The van der Waals surface area contributed by atoms with Crippen molar-refractivity contribution in [3.8, 4) is 0 Å². The summed E-state index contributed by atoms with van der Waals surface area (Å²) >= 11 is 6.49. The van der Waals surface area contributed by atoms with Crippen LogP contribution in [0, 0.1) is 20.8 Å². The van der Waals surface area contributed by atoms with E-state index in [4.69, 9.17) is 22.1 Å². The van der Waals surface area contributed by atoms with Crippen LogP contribution >= 0.6 is 11.6 Å². The molecule has 2 aromatic rings. The van der Waals surface area contributed by atoms with Crippen LogP contribution in [-0.2, 0) is 19.1 Å². The van der Waals surface area contributed by atoms with Crippen LogP contribution in [0.2, 0.25) is 5.02 Å². The molecule has 0 saturated carbocycles. The minimum Gasteiger partial charge on any atom is -0.444 e. The van der Waals surface area contributed by atoms with Gasteiger partial charge in [0.05, 0.1) is 10.7 Å². The summed E-state index contributed by atoms with van der Waals surface area (Å²) in [5.74, 6) is -1.56. The molecular weight excluding hydrogens is 580 g/mol. The SMILES string of the molecule is CCCCCCCN(C(=O)C(CCC(N)=O)NC(=O)OC(C)(C)C)C(C(=O)Nc1c(C)cccc1Cl)c1c(C)cccc1C. The van der Waals surface area contributed by atoms with Gasteiger partial charge in [-0.1, -0.05) is 74.5 Å². The fourth-order valence-electron chi connectivity index (χ4n) is 5.12. The van der Waals surface area contributed by atoms with Crippen LogP contribution in [0.3, 0.4) is 0 Å². The van der Waals surface area contributed by atoms with E-state index in [0.29, 0.717) is 22.7 Å². The second kappa shape index (κ2) is 17.0. The zero-order valence-electron chi connectivity index (χ0n) is 27.2. The smallest absolute Gasteiger partial charge is 0.408 e. The average Bonchev–Trinajstić information content (AvgIpc) is 2.92. The lowest BCUT2D eigenvalue weighted by molar-refractivity contribution is -0.141. The molecule has 2 unspecified atom stereocenters. The van der Waals surface area contributed by atoms with Gasteiger partial charge >= 0.3 is 6.09 Å². The van der Waals surface area contributed by atoms with Crippen LogP contribution < -0.4 is 16.4 Å². The summed E-state index contributed by atoms with van der Waals surface area (Å²) in [6.45, 7) is 13.2. The van der Waals surface area contributed by atoms with Gasteiger partial charge in [0, 0.05) is 13.0 Å². The number of aryl methyl sites for hydroxylation is 3. The van der Waals surface area contributed by atoms with Crippen molar-refractivity contribution in [2.45, 2.75) is 111 Å². The number of amides is 4. The highest BCUT2D eigenvalue weighted by molar-refractivity contribution is 6.34. The van der Waals surface area contributed by atoms with Gasteiger partial charge in [0.1, 0.15) is 17.7 Å². The second-order valence-corrected chi connectivity index (χ2v) is 12.7. The van der Waals surface area contributed by atoms with E-state index < -0.39 is 41.5 Å². The summed E-state index contributed by atoms with van der Waals surface area (Å²) in [5, 5.41) is 6.01. The number of para-hydroxylation sites is 1. The summed E-state index contributed by atoms with van der Waals surface area (Å²) in [6, 6.07) is 8.83. The van der Waals surface area contributed by atoms with Gasteiger partial charge in [-0.05, 0) is 82.7 Å². The quantitative estimate of drug-likeness (QED) is 0.185. The molecule has 0 aliphatic rings. The molecular formula is C34H49ClN4O5. The van der Waals surface area contributed by atoms with Crippen molar-refractivity contribution in [3.63, 3.8) is 0 Å². The third kappa shape index (κ3) is 11.2. The number of rotatable bonds is 15. The number of halogens is 1. The lowest BCUT2D eigenvalue weighted by atomic mass is 9.93. The normalized spacial score (nSPS) is 12.6. The first-order chi connectivity index (χ1) is 20.7. The molecule has 0 aliphatic heterocycles. The Bertz CT molecular complexity index is 1270. The predicted octanol–water partition coefficient (Wildman–Crippen LogP) is 6.90. The lowest BCUT2D eigenvalue weighted by Gasteiger charge is -2.36. The van der Waals surface area contributed by atoms with Gasteiger partial charge in [0.15, 0.2) is 0 Å². The van der Waals surface area contributed by atoms with Crippen molar-refractivity contribution >= 4 is 41.1 Å². The Labute approximate surface area is 267 Å². The summed E-state index contributed by atoms with van der Waals surface area (Å²) in [5.41, 5.74) is 8.21. The predicted molar refractivity (Wildman–Crippen MR) is 176 cm³/mol. The maximum atomic E-state index is 14.5. The molecule has 2 aromatic carbocycles. The Morgan fingerprint density at radius 2 is 1.52 bits per heavy atom. The maximum Gasteiger partial charge on any atom is 0.408 e. The van der Waals surface area contributed by atoms with Gasteiger partial charge in [0.2, 0.25) is 11.8 Å². The topological polar surface area (TPSA) is 131 Å². The largest absolute Gasteiger partial charge is 0.444 e. The number of primary amides is 1. The van der Waals surface area contributed by atoms with Crippen molar-refractivity contribution < 1.29 is 23.9 Å². The fourth-order valence-corrected chi connectivity index (χ4v) is 5.38. The summed E-state index contributed by atoms with van der Waals surface area (Å²) < 4.78 is 5.44. The molecule has 2 rings (SSSR count). The lowest BCUT2D eigenvalue weighted by Crippen LogP contribution is -2.53. The van der Waals surface area contributed by atoms with Gasteiger partial charge in [-0.2, -0.15) is 0 Å². The van der Waals surface area contributed by atoms with Gasteiger partial charge in [0.25, 0.3) is 5.91 Å². The number of nitrogens with two attached hydrogens (primary N) is 1. The van der Waals surface area contributed by atoms with Crippen molar-refractivity contribution in [3.05, 3.63) is 63.7 Å². The summed E-state index contributed by atoms with van der Waals surface area (Å²) in [7, 11) is 0. The number of alkyl carbamates (subject to hydrolysis) is 1. The third-order valence-corrected chi connectivity index (χ3v) is 7.61. The van der Waals surface area contributed by atoms with E-state index in [-0.39, 0.29) is 19.4 Å². The van der Waals surface area contributed by atoms with E-state index in [1.54, 1.807) is 32.9 Å². The molecule has 0 radical (unpaired) electrons. The molecule has 0 fully saturated rings. The summed E-state index contributed by atoms with van der Waals surface area (Å²) in [4.78, 5) is 55.0. The molecule has 10 heteroatoms. The molecule has 0 bridgehead atoms. The van der Waals surface area contributed by atoms with Gasteiger partial charge in [-0.3, -0.25) is 14.4 Å². The van der Waals surface area contributed by atoms with Crippen LogP contribution in [0.1, 0.15) is 101 Å². The molecule has 0 spiro atoms. The van der Waals surface area contributed by atoms with Crippen LogP contribution in [0.25, 0.3) is 0 Å². The van der Waals surface area contributed by atoms with Crippen LogP contribution in [0.4, 0.5) is 10.5 Å². The Hall–Kier alpha value is -3.59. The van der Waals surface area contributed by atoms with Crippen molar-refractivity contribution in [1.82, 2.24) is 10.2 Å². The van der Waals surface area contributed by atoms with E-state index >= 15 is 0 Å². The van der Waals surface area contributed by atoms with Crippen LogP contribution in [0.5, 0.6) is 0 Å². The van der Waals surface area contributed by atoms with E-state index in [1.165, 1.54) is 4.90 Å². The molecule has 242 valence electrons. The zero-order chi connectivity index (χ0) is 33.0. The highest BCUT2D eigenvalue weighted by Crippen LogP contribution is 2.33. The first-order valence-corrected chi connectivity index (χ1v) is 15.7. The molecule has 4 N–H and O–H groups in total. The number of nitrogens with one attached hydrogen (secondary N) is 2. The minimum absolute atomic E-state index is 0.0511. The van der Waals surface area contributed by atoms with Crippen LogP contribution in [0.15, 0.2) is 36.4 Å². The van der Waals surface area contributed by atoms with Gasteiger partial charge in [-0.15, -0.1) is 0 Å². The number of hydrogen-bond donors (Lipinski definition) is 3. The summed E-state index contributed by atoms with van der Waals surface area (Å²) in [6.07, 6.45) is 3.60. The Kier molecular flexibility index (Phi) is 14.2. The number of carbonyl (C=O) groups excluding carboxylic acids is 4. The Morgan fingerprint density at radius 3 is 2.09 bits per heavy atom. The number of unbranched alkanes of at least 4 members (excludes halogenated alkanes) is 4. The number of benzene rings is 2. The van der Waals surface area contributed by atoms with Gasteiger partial charge in [-0.25, -0.2) is 4.79 Å². The van der Waals surface area contributed by atoms with Gasteiger partial charge < -0.3 is 26.0 Å². The molecule has 0 aliphatic carbocycles. The van der Waals surface area contributed by atoms with Crippen molar-refractivity contribution in [1.29, 1.82) is 0 Å². The molecule has 0 heterocycles. The van der Waals surface area contributed by atoms with Crippen molar-refractivity contribution in [2.24, 2.45) is 5.73 Å². The highest BCUT2D eigenvalue weighted by Gasteiger charge is 2.37. The first kappa shape index (κ1) is 36.6. The molecule has 4 amide bonds. The number of nitrogens with zero attached hydrogens (tertiary/aromatic N) is 1. The first-order valence-electron chi connectivity index (χ1n) is 15.4. The molecule has 0 aromatic heterocycles. The molecule has 44 heavy (non-hydrogen) atoms. The van der Waals surface area contributed by atoms with E-state index in [9.17, 15) is 19.2 Å². The van der Waals surface area contributed by atoms with Crippen LogP contribution in [-0.4, -0.2) is 46.9 Å².